The van der Waals surface area contributed by atoms with Gasteiger partial charge >= 0.3 is 0 Å². The first-order chi connectivity index (χ1) is 9.49. The van der Waals surface area contributed by atoms with E-state index in [-0.39, 0.29) is 0 Å². The van der Waals surface area contributed by atoms with Crippen LogP contribution in [0.5, 0.6) is 0 Å². The molecule has 1 aliphatic carbocycles. The summed E-state index contributed by atoms with van der Waals surface area (Å²) in [7, 11) is 2.08. The zero-order valence-electron chi connectivity index (χ0n) is 12.8. The van der Waals surface area contributed by atoms with Crippen molar-refractivity contribution in [3.05, 3.63) is 15.9 Å². The topological polar surface area (TPSA) is 41.3 Å². The summed E-state index contributed by atoms with van der Waals surface area (Å²) in [6, 6.07) is 0. The third-order valence-electron chi connectivity index (χ3n) is 4.21. The maximum Gasteiger partial charge on any atom is 0.0774 e. The largest absolute Gasteiger partial charge is 0.389 e. The minimum Gasteiger partial charge on any atom is -0.389 e. The summed E-state index contributed by atoms with van der Waals surface area (Å²) >= 11 is 3.69. The van der Waals surface area contributed by atoms with Gasteiger partial charge in [0.2, 0.25) is 0 Å². The standard InChI is InChI=1S/C15H26BrN3O/c1-4-12-14(16)13(19(5-2)17-12)10-18(3)11-15(20)8-6-7-9-15/h20H,4-11H2,1-3H3. The van der Waals surface area contributed by atoms with E-state index in [4.69, 9.17) is 0 Å². The maximum absolute atomic E-state index is 10.5. The van der Waals surface area contributed by atoms with Crippen molar-refractivity contribution in [2.24, 2.45) is 0 Å². The van der Waals surface area contributed by atoms with Gasteiger partial charge < -0.3 is 5.11 Å². The molecule has 2 rings (SSSR count). The van der Waals surface area contributed by atoms with Crippen LogP contribution in [0.2, 0.25) is 0 Å². The monoisotopic (exact) mass is 343 g/mol. The van der Waals surface area contributed by atoms with Gasteiger partial charge in [0.15, 0.2) is 0 Å². The third kappa shape index (κ3) is 3.43. The molecule has 1 N–H and O–H groups in total. The van der Waals surface area contributed by atoms with Gasteiger partial charge in [0.25, 0.3) is 0 Å². The number of rotatable bonds is 6. The lowest BCUT2D eigenvalue weighted by Gasteiger charge is -2.28. The second kappa shape index (κ2) is 6.58. The lowest BCUT2D eigenvalue weighted by Crippen LogP contribution is -2.39. The van der Waals surface area contributed by atoms with E-state index >= 15 is 0 Å². The molecule has 20 heavy (non-hydrogen) atoms. The summed E-state index contributed by atoms with van der Waals surface area (Å²) in [6.07, 6.45) is 5.12. The van der Waals surface area contributed by atoms with Crippen molar-refractivity contribution in [1.82, 2.24) is 14.7 Å². The van der Waals surface area contributed by atoms with Gasteiger partial charge in [-0.1, -0.05) is 19.8 Å². The first-order valence-electron chi connectivity index (χ1n) is 7.64. The van der Waals surface area contributed by atoms with Gasteiger partial charge in [-0.05, 0) is 49.2 Å². The quantitative estimate of drug-likeness (QED) is 0.863. The highest BCUT2D eigenvalue weighted by Gasteiger charge is 2.32. The normalized spacial score (nSPS) is 18.1. The molecule has 1 aliphatic rings. The average molecular weight is 344 g/mol. The van der Waals surface area contributed by atoms with Crippen molar-refractivity contribution in [2.45, 2.75) is 64.6 Å². The Labute approximate surface area is 130 Å². The van der Waals surface area contributed by atoms with Crippen LogP contribution in [0.4, 0.5) is 0 Å². The number of aromatic nitrogens is 2. The molecule has 0 unspecified atom stereocenters. The van der Waals surface area contributed by atoms with Crippen LogP contribution in [0.1, 0.15) is 50.9 Å². The van der Waals surface area contributed by atoms with Crippen LogP contribution in [0.25, 0.3) is 0 Å². The fourth-order valence-electron chi connectivity index (χ4n) is 3.17. The van der Waals surface area contributed by atoms with E-state index < -0.39 is 5.60 Å². The Kier molecular flexibility index (Phi) is 5.26. The van der Waals surface area contributed by atoms with E-state index in [0.29, 0.717) is 0 Å². The van der Waals surface area contributed by atoms with E-state index in [2.05, 4.69) is 51.5 Å². The molecular weight excluding hydrogens is 318 g/mol. The fraction of sp³-hybridized carbons (Fsp3) is 0.800. The third-order valence-corrected chi connectivity index (χ3v) is 5.13. The van der Waals surface area contributed by atoms with Crippen molar-refractivity contribution >= 4 is 15.9 Å². The predicted octanol–water partition coefficient (Wildman–Crippen LogP) is 2.96. The second-order valence-corrected chi connectivity index (χ2v) is 6.77. The number of aryl methyl sites for hydroxylation is 2. The number of hydrogen-bond acceptors (Lipinski definition) is 3. The molecule has 0 radical (unpaired) electrons. The minimum absolute atomic E-state index is 0.480. The van der Waals surface area contributed by atoms with Crippen LogP contribution < -0.4 is 0 Å². The fourth-order valence-corrected chi connectivity index (χ4v) is 3.86. The molecule has 0 amide bonds. The first-order valence-corrected chi connectivity index (χ1v) is 8.43. The molecule has 0 aromatic carbocycles. The van der Waals surface area contributed by atoms with E-state index in [9.17, 15) is 5.11 Å². The van der Waals surface area contributed by atoms with Crippen molar-refractivity contribution in [1.29, 1.82) is 0 Å². The zero-order valence-corrected chi connectivity index (χ0v) is 14.4. The molecule has 1 saturated carbocycles. The van der Waals surface area contributed by atoms with Gasteiger partial charge in [-0.15, -0.1) is 0 Å². The Hall–Kier alpha value is -0.390. The molecule has 114 valence electrons. The number of likely N-dealkylation sites (N-methyl/N-ethyl adjacent to an activating group) is 1. The lowest BCUT2D eigenvalue weighted by atomic mass is 10.0. The highest BCUT2D eigenvalue weighted by atomic mass is 79.9. The number of halogens is 1. The zero-order chi connectivity index (χ0) is 14.8. The predicted molar refractivity (Wildman–Crippen MR) is 84.7 cm³/mol. The van der Waals surface area contributed by atoms with Crippen LogP contribution in [0.15, 0.2) is 4.47 Å². The highest BCUT2D eigenvalue weighted by Crippen LogP contribution is 2.31. The Morgan fingerprint density at radius 3 is 2.55 bits per heavy atom. The molecule has 0 bridgehead atoms. The smallest absolute Gasteiger partial charge is 0.0774 e. The molecule has 1 heterocycles. The Bertz CT molecular complexity index is 452. The highest BCUT2D eigenvalue weighted by molar-refractivity contribution is 9.10. The van der Waals surface area contributed by atoms with Crippen molar-refractivity contribution < 1.29 is 5.11 Å². The van der Waals surface area contributed by atoms with Gasteiger partial charge in [-0.3, -0.25) is 9.58 Å². The first kappa shape index (κ1) is 16.0. The van der Waals surface area contributed by atoms with E-state index in [1.54, 1.807) is 0 Å². The number of hydrogen-bond donors (Lipinski definition) is 1. The van der Waals surface area contributed by atoms with Crippen LogP contribution in [0.3, 0.4) is 0 Å². The molecule has 0 atom stereocenters. The Morgan fingerprint density at radius 2 is 2.00 bits per heavy atom. The summed E-state index contributed by atoms with van der Waals surface area (Å²) in [5, 5.41) is 15.1. The van der Waals surface area contributed by atoms with Gasteiger partial charge in [0.05, 0.1) is 21.5 Å². The molecule has 1 aromatic rings. The summed E-state index contributed by atoms with van der Waals surface area (Å²) in [4.78, 5) is 2.22. The Balaban J connectivity index is 2.07. The summed E-state index contributed by atoms with van der Waals surface area (Å²) in [5.74, 6) is 0. The van der Waals surface area contributed by atoms with E-state index in [1.807, 2.05) is 0 Å². The molecular formula is C15H26BrN3O. The van der Waals surface area contributed by atoms with Crippen LogP contribution in [-0.2, 0) is 19.5 Å². The van der Waals surface area contributed by atoms with Crippen LogP contribution in [-0.4, -0.2) is 39.0 Å². The molecule has 0 saturated heterocycles. The molecule has 4 nitrogen and oxygen atoms in total. The summed E-state index contributed by atoms with van der Waals surface area (Å²) < 4.78 is 3.20. The van der Waals surface area contributed by atoms with Crippen molar-refractivity contribution in [2.75, 3.05) is 13.6 Å². The lowest BCUT2D eigenvalue weighted by molar-refractivity contribution is 0.0139. The molecule has 1 aromatic heterocycles. The van der Waals surface area contributed by atoms with Crippen molar-refractivity contribution in [3.63, 3.8) is 0 Å². The summed E-state index contributed by atoms with van der Waals surface area (Å²) in [6.45, 7) is 6.69. The second-order valence-electron chi connectivity index (χ2n) is 5.98. The van der Waals surface area contributed by atoms with Crippen LogP contribution >= 0.6 is 15.9 Å². The minimum atomic E-state index is -0.480. The Morgan fingerprint density at radius 1 is 1.35 bits per heavy atom. The number of aliphatic hydroxyl groups is 1. The molecule has 0 spiro atoms. The molecule has 0 aliphatic heterocycles. The van der Waals surface area contributed by atoms with Gasteiger partial charge in [-0.2, -0.15) is 5.10 Å². The van der Waals surface area contributed by atoms with Crippen molar-refractivity contribution in [3.8, 4) is 0 Å². The summed E-state index contributed by atoms with van der Waals surface area (Å²) in [5.41, 5.74) is 1.86. The SMILES string of the molecule is CCc1nn(CC)c(CN(C)CC2(O)CCCC2)c1Br. The van der Waals surface area contributed by atoms with Gasteiger partial charge in [0.1, 0.15) is 0 Å². The van der Waals surface area contributed by atoms with Gasteiger partial charge in [0, 0.05) is 19.6 Å². The van der Waals surface area contributed by atoms with E-state index in [0.717, 1.165) is 61.9 Å². The maximum atomic E-state index is 10.5. The molecule has 1 fully saturated rings. The van der Waals surface area contributed by atoms with Crippen LogP contribution in [0, 0.1) is 0 Å². The van der Waals surface area contributed by atoms with E-state index in [1.165, 1.54) is 5.69 Å². The van der Waals surface area contributed by atoms with Gasteiger partial charge in [-0.25, -0.2) is 0 Å². The number of nitrogens with zero attached hydrogens (tertiary/aromatic N) is 3. The molecule has 5 heteroatoms. The average Bonchev–Trinajstić information content (AvgIpc) is 2.95.